The van der Waals surface area contributed by atoms with Crippen LogP contribution in [-0.4, -0.2) is 23.1 Å². The fourth-order valence-electron chi connectivity index (χ4n) is 5.24. The van der Waals surface area contributed by atoms with Gasteiger partial charge in [-0.1, -0.05) is 96.9 Å². The number of esters is 2. The van der Waals surface area contributed by atoms with Crippen molar-refractivity contribution in [2.24, 2.45) is 34.5 Å². The first-order chi connectivity index (χ1) is 15.2. The third-order valence-corrected chi connectivity index (χ3v) is 6.84. The molecular formula is C30H58O4. The summed E-state index contributed by atoms with van der Waals surface area (Å²) in [6, 6.07) is 0. The molecule has 0 atom stereocenters. The second kappa shape index (κ2) is 12.8. The number of carbonyl (C=O) groups is 2. The van der Waals surface area contributed by atoms with E-state index in [0.717, 1.165) is 25.7 Å². The highest BCUT2D eigenvalue weighted by Gasteiger charge is 2.47. The number of carbonyl (C=O) groups excluding carboxylic acids is 2. The van der Waals surface area contributed by atoms with Gasteiger partial charge in [0.05, 0.1) is 12.8 Å². The van der Waals surface area contributed by atoms with Gasteiger partial charge < -0.3 is 9.47 Å². The van der Waals surface area contributed by atoms with Crippen LogP contribution in [0.3, 0.4) is 0 Å². The zero-order valence-corrected chi connectivity index (χ0v) is 25.2. The van der Waals surface area contributed by atoms with E-state index in [9.17, 15) is 9.59 Å². The van der Waals surface area contributed by atoms with Gasteiger partial charge in [-0.05, 0) is 49.4 Å². The number of hydrogen-bond donors (Lipinski definition) is 0. The van der Waals surface area contributed by atoms with Crippen LogP contribution in [0.5, 0.6) is 0 Å². The maximum absolute atomic E-state index is 13.1. The van der Waals surface area contributed by atoms with Crippen molar-refractivity contribution in [2.75, 3.05) is 0 Å². The second-order valence-electron chi connectivity index (χ2n) is 14.3. The van der Waals surface area contributed by atoms with E-state index >= 15 is 0 Å². The number of ether oxygens (including phenoxy) is 2. The summed E-state index contributed by atoms with van der Waals surface area (Å²) in [5, 5.41) is 0. The monoisotopic (exact) mass is 482 g/mol. The molecule has 0 fully saturated rings. The Morgan fingerprint density at radius 2 is 0.706 bits per heavy atom. The fourth-order valence-corrected chi connectivity index (χ4v) is 5.24. The largest absolute Gasteiger partial charge is 0.458 e. The molecule has 0 spiro atoms. The van der Waals surface area contributed by atoms with Crippen LogP contribution in [0.2, 0.25) is 0 Å². The third-order valence-electron chi connectivity index (χ3n) is 6.84. The molecule has 0 aliphatic rings. The van der Waals surface area contributed by atoms with E-state index in [4.69, 9.17) is 9.47 Å². The molecule has 0 bridgehead atoms. The lowest BCUT2D eigenvalue weighted by atomic mass is 9.68. The molecule has 4 nitrogen and oxygen atoms in total. The Morgan fingerprint density at radius 3 is 0.853 bits per heavy atom. The lowest BCUT2D eigenvalue weighted by Crippen LogP contribution is -2.49. The minimum Gasteiger partial charge on any atom is -0.458 e. The molecule has 0 unspecified atom stereocenters. The van der Waals surface area contributed by atoms with Crippen LogP contribution in [0.1, 0.15) is 135 Å². The number of rotatable bonds is 13. The summed E-state index contributed by atoms with van der Waals surface area (Å²) in [7, 11) is 0. The van der Waals surface area contributed by atoms with E-state index in [1.807, 2.05) is 0 Å². The summed E-state index contributed by atoms with van der Waals surface area (Å²) < 4.78 is 12.5. The summed E-state index contributed by atoms with van der Waals surface area (Å²) >= 11 is 0. The van der Waals surface area contributed by atoms with Crippen molar-refractivity contribution in [3.63, 3.8) is 0 Å². The Labute approximate surface area is 212 Å². The van der Waals surface area contributed by atoms with E-state index in [1.165, 1.54) is 0 Å². The van der Waals surface area contributed by atoms with Crippen LogP contribution < -0.4 is 0 Å². The zero-order valence-electron chi connectivity index (χ0n) is 25.2. The van der Waals surface area contributed by atoms with Crippen LogP contribution in [0, 0.1) is 34.5 Å². The molecule has 34 heavy (non-hydrogen) atoms. The first kappa shape index (κ1) is 32.9. The van der Waals surface area contributed by atoms with E-state index in [0.29, 0.717) is 23.7 Å². The maximum atomic E-state index is 13.1. The fraction of sp³-hybridized carbons (Fsp3) is 0.933. The molecule has 0 radical (unpaired) electrons. The first-order valence-electron chi connectivity index (χ1n) is 13.6. The van der Waals surface area contributed by atoms with Crippen LogP contribution in [0.15, 0.2) is 0 Å². The Hall–Kier alpha value is -1.06. The summed E-state index contributed by atoms with van der Waals surface area (Å²) in [6.07, 6.45) is 3.33. The highest BCUT2D eigenvalue weighted by atomic mass is 16.6. The lowest BCUT2D eigenvalue weighted by Gasteiger charge is -2.47. The standard InChI is InChI=1S/C30H58O4/c1-21(2)17-29(18-22(3)4,27(9,10)11)33-25(31)15-16-26(32)34-30(19-23(5)6,20-24(7)8)28(12,13)14/h21-24H,15-20H2,1-14H3. The Bertz CT molecular complexity index is 553. The molecule has 0 aliphatic heterocycles. The summed E-state index contributed by atoms with van der Waals surface area (Å²) in [5.74, 6) is 0.986. The SMILES string of the molecule is CC(C)CC(CC(C)C)(OC(=O)CCC(=O)OC(CC(C)C)(CC(C)C)C(C)(C)C)C(C)(C)C. The molecule has 202 valence electrons. The second-order valence-corrected chi connectivity index (χ2v) is 14.3. The molecule has 4 heteroatoms. The van der Waals surface area contributed by atoms with Crippen molar-refractivity contribution in [2.45, 2.75) is 147 Å². The van der Waals surface area contributed by atoms with Crippen molar-refractivity contribution < 1.29 is 19.1 Å². The van der Waals surface area contributed by atoms with Gasteiger partial charge in [0.15, 0.2) is 0 Å². The van der Waals surface area contributed by atoms with Crippen molar-refractivity contribution >= 4 is 11.9 Å². The molecular weight excluding hydrogens is 424 g/mol. The zero-order chi connectivity index (χ0) is 27.1. The van der Waals surface area contributed by atoms with Gasteiger partial charge in [0.1, 0.15) is 11.2 Å². The predicted molar refractivity (Wildman–Crippen MR) is 144 cm³/mol. The normalized spacial score (nSPS) is 13.8. The predicted octanol–water partition coefficient (Wildman–Crippen LogP) is 8.61. The van der Waals surface area contributed by atoms with Gasteiger partial charge in [0.2, 0.25) is 0 Å². The topological polar surface area (TPSA) is 52.6 Å². The number of hydrogen-bond acceptors (Lipinski definition) is 4. The summed E-state index contributed by atoms with van der Waals surface area (Å²) in [5.41, 5.74) is -1.51. The van der Waals surface area contributed by atoms with Crippen molar-refractivity contribution in [1.29, 1.82) is 0 Å². The minimum atomic E-state index is -0.555. The third kappa shape index (κ3) is 10.3. The molecule has 0 heterocycles. The molecule has 0 saturated heterocycles. The summed E-state index contributed by atoms with van der Waals surface area (Å²) in [6.45, 7) is 30.2. The summed E-state index contributed by atoms with van der Waals surface area (Å²) in [4.78, 5) is 26.1. The Morgan fingerprint density at radius 1 is 0.500 bits per heavy atom. The van der Waals surface area contributed by atoms with Gasteiger partial charge in [-0.2, -0.15) is 0 Å². The smallest absolute Gasteiger partial charge is 0.306 e. The van der Waals surface area contributed by atoms with Crippen LogP contribution in [0.25, 0.3) is 0 Å². The molecule has 0 rings (SSSR count). The van der Waals surface area contributed by atoms with E-state index in [2.05, 4.69) is 96.9 Å². The van der Waals surface area contributed by atoms with E-state index in [-0.39, 0.29) is 35.6 Å². The van der Waals surface area contributed by atoms with Gasteiger partial charge in [0, 0.05) is 10.8 Å². The molecule has 0 aromatic carbocycles. The quantitative estimate of drug-likeness (QED) is 0.247. The van der Waals surface area contributed by atoms with Crippen LogP contribution >= 0.6 is 0 Å². The van der Waals surface area contributed by atoms with Gasteiger partial charge >= 0.3 is 11.9 Å². The van der Waals surface area contributed by atoms with Crippen molar-refractivity contribution in [3.05, 3.63) is 0 Å². The van der Waals surface area contributed by atoms with Gasteiger partial charge in [0.25, 0.3) is 0 Å². The molecule has 0 N–H and O–H groups in total. The van der Waals surface area contributed by atoms with E-state index in [1.54, 1.807) is 0 Å². The maximum Gasteiger partial charge on any atom is 0.306 e. The van der Waals surface area contributed by atoms with Crippen molar-refractivity contribution in [3.8, 4) is 0 Å². The van der Waals surface area contributed by atoms with Crippen LogP contribution in [-0.2, 0) is 19.1 Å². The van der Waals surface area contributed by atoms with Crippen molar-refractivity contribution in [1.82, 2.24) is 0 Å². The molecule has 0 aromatic rings. The highest BCUT2D eigenvalue weighted by molar-refractivity contribution is 5.78. The molecule has 0 aromatic heterocycles. The molecule has 0 amide bonds. The Balaban J connectivity index is 5.61. The lowest BCUT2D eigenvalue weighted by molar-refractivity contribution is -0.187. The average Bonchev–Trinajstić information content (AvgIpc) is 2.55. The van der Waals surface area contributed by atoms with Gasteiger partial charge in [-0.3, -0.25) is 9.59 Å². The molecule has 0 aliphatic carbocycles. The molecule has 0 saturated carbocycles. The van der Waals surface area contributed by atoms with Gasteiger partial charge in [-0.15, -0.1) is 0 Å². The van der Waals surface area contributed by atoms with Gasteiger partial charge in [-0.25, -0.2) is 0 Å². The Kier molecular flexibility index (Phi) is 12.4. The van der Waals surface area contributed by atoms with E-state index < -0.39 is 11.2 Å². The highest BCUT2D eigenvalue weighted by Crippen LogP contribution is 2.45. The first-order valence-corrected chi connectivity index (χ1v) is 13.6. The van der Waals surface area contributed by atoms with Crippen LogP contribution in [0.4, 0.5) is 0 Å². The minimum absolute atomic E-state index is 0.0520. The average molecular weight is 483 g/mol.